The monoisotopic (exact) mass is 377 g/mol. The average Bonchev–Trinajstić information content (AvgIpc) is 2.56. The van der Waals surface area contributed by atoms with Gasteiger partial charge in [0, 0.05) is 38.6 Å². The molecular weight excluding hydrogens is 362 g/mol. The summed E-state index contributed by atoms with van der Waals surface area (Å²) in [7, 11) is 0. The average molecular weight is 379 g/mol. The van der Waals surface area contributed by atoms with Crippen molar-refractivity contribution in [3.8, 4) is 11.5 Å². The Kier molecular flexibility index (Phi) is 8.73. The number of carbonyl (C=O) groups excluding carboxylic acids is 2. The maximum Gasteiger partial charge on any atom is 0.341 e. The minimum atomic E-state index is -0.433. The van der Waals surface area contributed by atoms with E-state index >= 15 is 0 Å². The first-order valence-corrected chi connectivity index (χ1v) is 7.19. The number of esters is 2. The van der Waals surface area contributed by atoms with Crippen molar-refractivity contribution in [2.24, 2.45) is 0 Å². The number of carbonyl (C=O) groups is 2. The van der Waals surface area contributed by atoms with Crippen molar-refractivity contribution >= 4 is 11.9 Å². The van der Waals surface area contributed by atoms with Crippen LogP contribution in [0.4, 0.5) is 0 Å². The van der Waals surface area contributed by atoms with Crippen molar-refractivity contribution in [3.05, 3.63) is 60.2 Å². The Morgan fingerprint density at radius 2 is 1.62 bits per heavy atom. The maximum atomic E-state index is 12.0. The van der Waals surface area contributed by atoms with Crippen molar-refractivity contribution in [1.29, 1.82) is 0 Å². The second kappa shape index (κ2) is 10.6. The predicted octanol–water partition coefficient (Wildman–Crippen LogP) is 3.04. The minimum absolute atomic E-state index is 0. The summed E-state index contributed by atoms with van der Waals surface area (Å²) in [5.74, 6) is 0.375. The van der Waals surface area contributed by atoms with Crippen LogP contribution in [0.1, 0.15) is 23.7 Å². The maximum absolute atomic E-state index is 12.0. The molecule has 0 aliphatic carbocycles. The normalized spacial score (nSPS) is 9.54. The molecule has 0 aliphatic heterocycles. The number of hydrogen-bond donors (Lipinski definition) is 0. The molecule has 0 spiro atoms. The van der Waals surface area contributed by atoms with Gasteiger partial charge in [-0.25, -0.2) is 4.79 Å². The summed E-state index contributed by atoms with van der Waals surface area (Å²) in [6, 6.07) is 16.2. The smallest absolute Gasteiger partial charge is 0.341 e. The van der Waals surface area contributed by atoms with Gasteiger partial charge in [-0.1, -0.05) is 0 Å². The van der Waals surface area contributed by atoms with Crippen LogP contribution in [0, 0.1) is 6.07 Å². The third-order valence-corrected chi connectivity index (χ3v) is 2.85. The van der Waals surface area contributed by atoms with E-state index in [4.69, 9.17) is 14.2 Å². The van der Waals surface area contributed by atoms with Crippen LogP contribution >= 0.6 is 0 Å². The second-order valence-corrected chi connectivity index (χ2v) is 4.69. The van der Waals surface area contributed by atoms with Crippen LogP contribution in [0.5, 0.6) is 11.5 Å². The molecule has 0 heterocycles. The molecule has 0 amide bonds. The molecule has 5 nitrogen and oxygen atoms in total. The van der Waals surface area contributed by atoms with Crippen molar-refractivity contribution < 1.29 is 43.3 Å². The minimum Gasteiger partial charge on any atom is -0.493 e. The van der Waals surface area contributed by atoms with E-state index in [2.05, 4.69) is 6.07 Å². The number of ether oxygens (including phenoxy) is 3. The topological polar surface area (TPSA) is 61.8 Å². The molecule has 2 rings (SSSR count). The van der Waals surface area contributed by atoms with E-state index in [-0.39, 0.29) is 25.4 Å². The molecule has 2 aromatic rings. The van der Waals surface area contributed by atoms with E-state index < -0.39 is 5.97 Å². The van der Waals surface area contributed by atoms with Crippen molar-refractivity contribution in [2.75, 3.05) is 13.2 Å². The van der Waals surface area contributed by atoms with Crippen LogP contribution < -0.4 is 9.47 Å². The molecule has 0 fully saturated rings. The van der Waals surface area contributed by atoms with Crippen LogP contribution in [0.25, 0.3) is 0 Å². The standard InChI is InChI=1S/C18H17O5.Zn/c1-14(19)21-12-5-13-22-16-10-8-15(9-11-16)18(20)23-17-6-3-2-4-7-17;/h3-4,6-11H,5,12-13H2,1H3;/q-1;. The zero-order valence-electron chi connectivity index (χ0n) is 13.5. The van der Waals surface area contributed by atoms with Crippen molar-refractivity contribution in [2.45, 2.75) is 13.3 Å². The molecule has 122 valence electrons. The predicted molar refractivity (Wildman–Crippen MR) is 83.4 cm³/mol. The van der Waals surface area contributed by atoms with Gasteiger partial charge in [0.1, 0.15) is 5.75 Å². The van der Waals surface area contributed by atoms with Gasteiger partial charge in [-0.3, -0.25) is 4.79 Å². The van der Waals surface area contributed by atoms with Crippen LogP contribution in [0.3, 0.4) is 0 Å². The quantitative estimate of drug-likeness (QED) is 0.244. The van der Waals surface area contributed by atoms with Gasteiger partial charge in [-0.15, -0.1) is 12.1 Å². The van der Waals surface area contributed by atoms with E-state index in [1.54, 1.807) is 48.5 Å². The van der Waals surface area contributed by atoms with Gasteiger partial charge >= 0.3 is 11.9 Å². The first kappa shape index (κ1) is 19.8. The van der Waals surface area contributed by atoms with Crippen molar-refractivity contribution in [1.82, 2.24) is 0 Å². The van der Waals surface area contributed by atoms with E-state index in [0.717, 1.165) is 0 Å². The van der Waals surface area contributed by atoms with Crippen LogP contribution in [0.15, 0.2) is 48.5 Å². The largest absolute Gasteiger partial charge is 0.493 e. The second-order valence-electron chi connectivity index (χ2n) is 4.69. The first-order chi connectivity index (χ1) is 11.1. The fourth-order valence-corrected chi connectivity index (χ4v) is 1.76. The van der Waals surface area contributed by atoms with Gasteiger partial charge < -0.3 is 14.2 Å². The Morgan fingerprint density at radius 3 is 2.25 bits per heavy atom. The Bertz CT molecular complexity index is 640. The molecule has 0 aromatic heterocycles. The summed E-state index contributed by atoms with van der Waals surface area (Å²) in [6.45, 7) is 2.12. The summed E-state index contributed by atoms with van der Waals surface area (Å²) in [5.41, 5.74) is 0.435. The summed E-state index contributed by atoms with van der Waals surface area (Å²) >= 11 is 0. The summed E-state index contributed by atoms with van der Waals surface area (Å²) in [5, 5.41) is 0. The zero-order chi connectivity index (χ0) is 16.5. The number of hydrogen-bond acceptors (Lipinski definition) is 5. The molecule has 24 heavy (non-hydrogen) atoms. The Morgan fingerprint density at radius 1 is 0.958 bits per heavy atom. The van der Waals surface area contributed by atoms with Gasteiger partial charge in [-0.05, 0) is 24.3 Å². The zero-order valence-corrected chi connectivity index (χ0v) is 16.5. The Hall–Kier alpha value is -2.20. The molecular formula is C18H17O5Zn-. The molecule has 0 bridgehead atoms. The Balaban J connectivity index is 0.00000288. The van der Waals surface area contributed by atoms with Crippen LogP contribution in [0.2, 0.25) is 0 Å². The molecule has 0 saturated carbocycles. The molecule has 0 radical (unpaired) electrons. The molecule has 0 N–H and O–H groups in total. The third kappa shape index (κ3) is 6.92. The van der Waals surface area contributed by atoms with E-state index in [1.165, 1.54) is 6.92 Å². The molecule has 0 atom stereocenters. The van der Waals surface area contributed by atoms with Gasteiger partial charge in [0.15, 0.2) is 0 Å². The molecule has 2 aromatic carbocycles. The third-order valence-electron chi connectivity index (χ3n) is 2.85. The summed E-state index contributed by atoms with van der Waals surface area (Å²) < 4.78 is 15.5. The summed E-state index contributed by atoms with van der Waals surface area (Å²) in [4.78, 5) is 22.6. The Labute approximate surface area is 153 Å². The number of rotatable bonds is 7. The molecule has 0 unspecified atom stereocenters. The molecule has 0 saturated heterocycles. The fourth-order valence-electron chi connectivity index (χ4n) is 1.76. The number of benzene rings is 2. The van der Waals surface area contributed by atoms with Gasteiger partial charge in [-0.2, -0.15) is 18.2 Å². The van der Waals surface area contributed by atoms with Gasteiger partial charge in [0.2, 0.25) is 0 Å². The van der Waals surface area contributed by atoms with E-state index in [9.17, 15) is 9.59 Å². The van der Waals surface area contributed by atoms with Crippen LogP contribution in [-0.2, 0) is 29.0 Å². The van der Waals surface area contributed by atoms with E-state index in [0.29, 0.717) is 36.7 Å². The van der Waals surface area contributed by atoms with Crippen LogP contribution in [-0.4, -0.2) is 25.2 Å². The molecule has 6 heteroatoms. The SMILES string of the molecule is CC(=O)OCCCOc1ccc(C(=O)Oc2cc[c-]cc2)cc1.[Zn]. The van der Waals surface area contributed by atoms with Gasteiger partial charge in [0.25, 0.3) is 0 Å². The van der Waals surface area contributed by atoms with Crippen molar-refractivity contribution in [3.63, 3.8) is 0 Å². The summed E-state index contributed by atoms with van der Waals surface area (Å²) in [6.07, 6.45) is 0.606. The first-order valence-electron chi connectivity index (χ1n) is 7.19. The fraction of sp³-hybridized carbons (Fsp3) is 0.222. The van der Waals surface area contributed by atoms with E-state index in [1.807, 2.05) is 0 Å². The molecule has 0 aliphatic rings. The van der Waals surface area contributed by atoms with Gasteiger partial charge in [0.05, 0.1) is 18.8 Å².